The first-order valence-corrected chi connectivity index (χ1v) is 7.74. The van der Waals surface area contributed by atoms with Gasteiger partial charge < -0.3 is 15.0 Å². The molecule has 1 heterocycles. The minimum atomic E-state index is -0.972. The molecule has 1 fully saturated rings. The summed E-state index contributed by atoms with van der Waals surface area (Å²) in [5.41, 5.74) is 1.99. The number of anilines is 1. The highest BCUT2D eigenvalue weighted by atomic mass is 16.4. The second-order valence-electron chi connectivity index (χ2n) is 6.12. The number of carbonyl (C=O) groups excluding carboxylic acids is 1. The largest absolute Gasteiger partial charge is 0.481 e. The smallest absolute Gasteiger partial charge is 0.307 e. The van der Waals surface area contributed by atoms with Crippen LogP contribution in [-0.4, -0.2) is 21.6 Å². The highest BCUT2D eigenvalue weighted by Gasteiger charge is 2.48. The minimum absolute atomic E-state index is 0.172. The van der Waals surface area contributed by atoms with Gasteiger partial charge in [-0.05, 0) is 31.0 Å². The molecule has 124 valence electrons. The molecule has 0 bridgehead atoms. The molecule has 2 unspecified atom stereocenters. The Hall–Kier alpha value is -2.89. The number of amides is 1. The van der Waals surface area contributed by atoms with Crippen molar-refractivity contribution in [2.45, 2.75) is 19.9 Å². The number of nitrogens with one attached hydrogen (secondary N) is 1. The fraction of sp³-hybridized carbons (Fsp3) is 0.278. The first-order chi connectivity index (χ1) is 11.5. The van der Waals surface area contributed by atoms with Crippen molar-refractivity contribution in [2.24, 2.45) is 11.8 Å². The standard InChI is InChI=1S/C18H18N2O4/c1-11-4-6-12(7-5-11)10-20-8-2-3-15(17(20)22)19-16(21)13-9-14(13)18(23)24/h2-8,13-14H,9-10H2,1H3,(H,19,21)(H,23,24). The van der Waals surface area contributed by atoms with Crippen molar-refractivity contribution >= 4 is 17.6 Å². The van der Waals surface area contributed by atoms with E-state index in [2.05, 4.69) is 5.32 Å². The van der Waals surface area contributed by atoms with E-state index in [1.165, 1.54) is 10.6 Å². The average molecular weight is 326 g/mol. The number of aliphatic carboxylic acids is 1. The normalized spacial score (nSPS) is 18.9. The molecule has 0 aliphatic heterocycles. The molecule has 2 N–H and O–H groups in total. The summed E-state index contributed by atoms with van der Waals surface area (Å²) in [5.74, 6) is -2.57. The molecular weight excluding hydrogens is 308 g/mol. The molecule has 6 heteroatoms. The van der Waals surface area contributed by atoms with Gasteiger partial charge in [0.25, 0.3) is 5.56 Å². The Balaban J connectivity index is 1.74. The van der Waals surface area contributed by atoms with Gasteiger partial charge in [-0.1, -0.05) is 29.8 Å². The number of carbonyl (C=O) groups is 2. The third-order valence-electron chi connectivity index (χ3n) is 4.20. The summed E-state index contributed by atoms with van der Waals surface area (Å²) >= 11 is 0. The summed E-state index contributed by atoms with van der Waals surface area (Å²) in [5, 5.41) is 11.4. The van der Waals surface area contributed by atoms with Crippen LogP contribution in [-0.2, 0) is 16.1 Å². The number of pyridine rings is 1. The van der Waals surface area contributed by atoms with E-state index in [1.54, 1.807) is 12.3 Å². The minimum Gasteiger partial charge on any atom is -0.481 e. The summed E-state index contributed by atoms with van der Waals surface area (Å²) in [6.07, 6.45) is 1.99. The van der Waals surface area contributed by atoms with Crippen LogP contribution in [0.25, 0.3) is 0 Å². The highest BCUT2D eigenvalue weighted by Crippen LogP contribution is 2.39. The van der Waals surface area contributed by atoms with Crippen molar-refractivity contribution in [3.63, 3.8) is 0 Å². The lowest BCUT2D eigenvalue weighted by Crippen LogP contribution is -2.27. The maximum absolute atomic E-state index is 12.5. The zero-order chi connectivity index (χ0) is 17.3. The quantitative estimate of drug-likeness (QED) is 0.878. The van der Waals surface area contributed by atoms with Crippen LogP contribution in [0.3, 0.4) is 0 Å². The Morgan fingerprint density at radius 3 is 2.54 bits per heavy atom. The number of hydrogen-bond acceptors (Lipinski definition) is 3. The zero-order valence-electron chi connectivity index (χ0n) is 13.2. The molecule has 1 saturated carbocycles. The van der Waals surface area contributed by atoms with E-state index in [0.717, 1.165) is 11.1 Å². The van der Waals surface area contributed by atoms with Crippen LogP contribution < -0.4 is 10.9 Å². The van der Waals surface area contributed by atoms with Crippen molar-refractivity contribution in [3.8, 4) is 0 Å². The van der Waals surface area contributed by atoms with Gasteiger partial charge in [0.1, 0.15) is 5.69 Å². The second-order valence-corrected chi connectivity index (χ2v) is 6.12. The van der Waals surface area contributed by atoms with E-state index in [1.807, 2.05) is 31.2 Å². The fourth-order valence-electron chi connectivity index (χ4n) is 2.63. The molecule has 0 saturated heterocycles. The van der Waals surface area contributed by atoms with Crippen LogP contribution in [0.15, 0.2) is 47.4 Å². The molecule has 1 aliphatic rings. The number of carboxylic acid groups (broad SMARTS) is 1. The van der Waals surface area contributed by atoms with Crippen LogP contribution in [0.5, 0.6) is 0 Å². The van der Waals surface area contributed by atoms with E-state index in [-0.39, 0.29) is 11.2 Å². The van der Waals surface area contributed by atoms with Crippen LogP contribution >= 0.6 is 0 Å². The lowest BCUT2D eigenvalue weighted by Gasteiger charge is -2.09. The van der Waals surface area contributed by atoms with Crippen LogP contribution in [0, 0.1) is 18.8 Å². The summed E-state index contributed by atoms with van der Waals surface area (Å²) in [7, 11) is 0. The number of nitrogens with zero attached hydrogens (tertiary/aromatic N) is 1. The van der Waals surface area contributed by atoms with Gasteiger partial charge in [0.15, 0.2) is 0 Å². The third kappa shape index (κ3) is 3.37. The summed E-state index contributed by atoms with van der Waals surface area (Å²) in [6, 6.07) is 11.1. The predicted molar refractivity (Wildman–Crippen MR) is 88.8 cm³/mol. The van der Waals surface area contributed by atoms with Gasteiger partial charge >= 0.3 is 5.97 Å². The molecule has 2 atom stereocenters. The van der Waals surface area contributed by atoms with E-state index in [9.17, 15) is 14.4 Å². The lowest BCUT2D eigenvalue weighted by molar-refractivity contribution is -0.139. The number of hydrogen-bond donors (Lipinski definition) is 2. The topological polar surface area (TPSA) is 88.4 Å². The second kappa shape index (κ2) is 6.31. The number of rotatable bonds is 5. The lowest BCUT2D eigenvalue weighted by atomic mass is 10.1. The number of aromatic nitrogens is 1. The Bertz CT molecular complexity index is 839. The molecule has 1 aromatic heterocycles. The van der Waals surface area contributed by atoms with Gasteiger partial charge in [-0.2, -0.15) is 0 Å². The van der Waals surface area contributed by atoms with E-state index in [4.69, 9.17) is 5.11 Å². The molecule has 1 aromatic carbocycles. The van der Waals surface area contributed by atoms with E-state index < -0.39 is 23.7 Å². The fourth-order valence-corrected chi connectivity index (χ4v) is 2.63. The number of benzene rings is 1. The predicted octanol–water partition coefficient (Wildman–Crippen LogP) is 1.86. The van der Waals surface area contributed by atoms with Gasteiger partial charge in [0.2, 0.25) is 5.91 Å². The zero-order valence-corrected chi connectivity index (χ0v) is 13.2. The van der Waals surface area contributed by atoms with Crippen LogP contribution in [0.1, 0.15) is 17.5 Å². The van der Waals surface area contributed by atoms with Crippen molar-refractivity contribution < 1.29 is 14.7 Å². The maximum Gasteiger partial charge on any atom is 0.307 e. The molecule has 0 radical (unpaired) electrons. The van der Waals surface area contributed by atoms with Crippen molar-refractivity contribution in [2.75, 3.05) is 5.32 Å². The van der Waals surface area contributed by atoms with Gasteiger partial charge in [0, 0.05) is 6.20 Å². The molecule has 1 aliphatic carbocycles. The van der Waals surface area contributed by atoms with Crippen molar-refractivity contribution in [1.82, 2.24) is 4.57 Å². The number of aryl methyl sites for hydroxylation is 1. The number of carboxylic acids is 1. The average Bonchev–Trinajstić information content (AvgIpc) is 3.34. The molecule has 2 aromatic rings. The molecule has 3 rings (SSSR count). The van der Waals surface area contributed by atoms with E-state index in [0.29, 0.717) is 13.0 Å². The summed E-state index contributed by atoms with van der Waals surface area (Å²) in [6.45, 7) is 2.40. The van der Waals surface area contributed by atoms with Crippen molar-refractivity contribution in [3.05, 3.63) is 64.1 Å². The molecule has 24 heavy (non-hydrogen) atoms. The van der Waals surface area contributed by atoms with Crippen molar-refractivity contribution in [1.29, 1.82) is 0 Å². The van der Waals surface area contributed by atoms with Gasteiger partial charge in [-0.15, -0.1) is 0 Å². The maximum atomic E-state index is 12.5. The first kappa shape index (κ1) is 16.0. The molecule has 0 spiro atoms. The third-order valence-corrected chi connectivity index (χ3v) is 4.20. The summed E-state index contributed by atoms with van der Waals surface area (Å²) in [4.78, 5) is 35.3. The Labute approximate surface area is 138 Å². The first-order valence-electron chi connectivity index (χ1n) is 7.74. The summed E-state index contributed by atoms with van der Waals surface area (Å²) < 4.78 is 1.52. The highest BCUT2D eigenvalue weighted by molar-refractivity contribution is 5.98. The molecule has 6 nitrogen and oxygen atoms in total. The molecule has 1 amide bonds. The molecular formula is C18H18N2O4. The Morgan fingerprint density at radius 1 is 1.21 bits per heavy atom. The van der Waals surface area contributed by atoms with Gasteiger partial charge in [-0.3, -0.25) is 14.4 Å². The van der Waals surface area contributed by atoms with Crippen LogP contribution in [0.2, 0.25) is 0 Å². The Kier molecular flexibility index (Phi) is 4.20. The van der Waals surface area contributed by atoms with Crippen LogP contribution in [0.4, 0.5) is 5.69 Å². The van der Waals surface area contributed by atoms with Gasteiger partial charge in [-0.25, -0.2) is 0 Å². The van der Waals surface area contributed by atoms with Gasteiger partial charge in [0.05, 0.1) is 18.4 Å². The van der Waals surface area contributed by atoms with E-state index >= 15 is 0 Å². The SMILES string of the molecule is Cc1ccc(Cn2cccc(NC(=O)C3CC3C(=O)O)c2=O)cc1. The Morgan fingerprint density at radius 2 is 1.92 bits per heavy atom. The monoisotopic (exact) mass is 326 g/mol.